The summed E-state index contributed by atoms with van der Waals surface area (Å²) in [5, 5.41) is 2.87. The summed E-state index contributed by atoms with van der Waals surface area (Å²) in [6.45, 7) is 2.75. The molecule has 0 atom stereocenters. The summed E-state index contributed by atoms with van der Waals surface area (Å²) >= 11 is 0. The van der Waals surface area contributed by atoms with Crippen LogP contribution in [0.25, 0.3) is 6.08 Å². The number of piperidine rings is 1. The zero-order chi connectivity index (χ0) is 17.5. The van der Waals surface area contributed by atoms with Gasteiger partial charge in [-0.15, -0.1) is 0 Å². The van der Waals surface area contributed by atoms with Crippen molar-refractivity contribution in [1.82, 2.24) is 5.32 Å². The Hall–Kier alpha value is -2.62. The quantitative estimate of drug-likeness (QED) is 0.831. The third-order valence-electron chi connectivity index (χ3n) is 4.42. The van der Waals surface area contributed by atoms with E-state index in [1.165, 1.54) is 43.2 Å². The topological polar surface area (TPSA) is 32.3 Å². The Bertz CT molecular complexity index is 717. The van der Waals surface area contributed by atoms with Crippen LogP contribution in [-0.4, -0.2) is 19.0 Å². The minimum atomic E-state index is -0.283. The lowest BCUT2D eigenvalue weighted by molar-refractivity contribution is -0.116. The summed E-state index contributed by atoms with van der Waals surface area (Å²) in [6, 6.07) is 14.4. The van der Waals surface area contributed by atoms with Crippen LogP contribution >= 0.6 is 0 Å². The monoisotopic (exact) mass is 338 g/mol. The molecule has 0 bridgehead atoms. The summed E-state index contributed by atoms with van der Waals surface area (Å²) < 4.78 is 12.8. The summed E-state index contributed by atoms with van der Waals surface area (Å²) in [5.41, 5.74) is 3.12. The molecule has 1 aliphatic rings. The molecule has 1 amide bonds. The second kappa shape index (κ2) is 8.47. The second-order valence-electron chi connectivity index (χ2n) is 6.32. The number of hydrogen-bond donors (Lipinski definition) is 1. The molecule has 0 unspecified atom stereocenters. The predicted molar refractivity (Wildman–Crippen MR) is 99.8 cm³/mol. The van der Waals surface area contributed by atoms with E-state index in [0.717, 1.165) is 24.2 Å². The maximum atomic E-state index is 12.8. The molecule has 2 aromatic rings. The van der Waals surface area contributed by atoms with Gasteiger partial charge in [-0.3, -0.25) is 4.79 Å². The molecule has 0 aromatic heterocycles. The van der Waals surface area contributed by atoms with Crippen LogP contribution in [-0.2, 0) is 11.3 Å². The zero-order valence-electron chi connectivity index (χ0n) is 14.2. The van der Waals surface area contributed by atoms with Gasteiger partial charge in [-0.05, 0) is 60.7 Å². The molecule has 2 aromatic carbocycles. The predicted octanol–water partition coefficient (Wildman–Crippen LogP) is 4.15. The summed E-state index contributed by atoms with van der Waals surface area (Å²) in [7, 11) is 0. The average molecular weight is 338 g/mol. The van der Waals surface area contributed by atoms with Crippen molar-refractivity contribution in [2.75, 3.05) is 18.0 Å². The molecule has 0 saturated carbocycles. The van der Waals surface area contributed by atoms with Crippen LogP contribution in [0.2, 0.25) is 0 Å². The van der Waals surface area contributed by atoms with E-state index in [-0.39, 0.29) is 11.7 Å². The first kappa shape index (κ1) is 17.2. The Labute approximate surface area is 148 Å². The van der Waals surface area contributed by atoms with Crippen LogP contribution in [0.5, 0.6) is 0 Å². The van der Waals surface area contributed by atoms with Crippen LogP contribution in [0.1, 0.15) is 30.4 Å². The third kappa shape index (κ3) is 5.18. The number of carbonyl (C=O) groups excluding carboxylic acids is 1. The minimum Gasteiger partial charge on any atom is -0.372 e. The Balaban J connectivity index is 1.49. The van der Waals surface area contributed by atoms with E-state index in [1.54, 1.807) is 18.2 Å². The molecule has 1 fully saturated rings. The molecule has 3 rings (SSSR count). The number of halogens is 1. The Morgan fingerprint density at radius 2 is 1.68 bits per heavy atom. The standard InChI is InChI=1S/C21H23FN2O/c22-19-9-4-17(5-10-19)8-13-21(25)23-16-18-6-11-20(12-7-18)24-14-2-1-3-15-24/h4-13H,1-3,14-16H2,(H,23,25)/b13-8+. The number of nitrogens with zero attached hydrogens (tertiary/aromatic N) is 1. The van der Waals surface area contributed by atoms with Crippen LogP contribution in [0.4, 0.5) is 10.1 Å². The smallest absolute Gasteiger partial charge is 0.244 e. The second-order valence-corrected chi connectivity index (χ2v) is 6.32. The van der Waals surface area contributed by atoms with Gasteiger partial charge in [0, 0.05) is 31.4 Å². The number of rotatable bonds is 5. The normalized spacial score (nSPS) is 14.7. The molecule has 1 N–H and O–H groups in total. The highest BCUT2D eigenvalue weighted by Crippen LogP contribution is 2.20. The average Bonchev–Trinajstić information content (AvgIpc) is 2.67. The fraction of sp³-hybridized carbons (Fsp3) is 0.286. The number of carbonyl (C=O) groups is 1. The molecule has 1 saturated heterocycles. The molecular weight excluding hydrogens is 315 g/mol. The molecule has 130 valence electrons. The minimum absolute atomic E-state index is 0.163. The number of benzene rings is 2. The highest BCUT2D eigenvalue weighted by molar-refractivity contribution is 5.91. The zero-order valence-corrected chi connectivity index (χ0v) is 14.2. The van der Waals surface area contributed by atoms with Gasteiger partial charge < -0.3 is 10.2 Å². The number of anilines is 1. The fourth-order valence-electron chi connectivity index (χ4n) is 2.97. The number of amides is 1. The van der Waals surface area contributed by atoms with Gasteiger partial charge in [0.05, 0.1) is 0 Å². The highest BCUT2D eigenvalue weighted by atomic mass is 19.1. The van der Waals surface area contributed by atoms with Crippen molar-refractivity contribution in [3.8, 4) is 0 Å². The molecule has 0 spiro atoms. The van der Waals surface area contributed by atoms with Crippen molar-refractivity contribution < 1.29 is 9.18 Å². The van der Waals surface area contributed by atoms with E-state index >= 15 is 0 Å². The largest absolute Gasteiger partial charge is 0.372 e. The first-order chi connectivity index (χ1) is 12.2. The number of hydrogen-bond acceptors (Lipinski definition) is 2. The first-order valence-corrected chi connectivity index (χ1v) is 8.76. The molecule has 25 heavy (non-hydrogen) atoms. The van der Waals surface area contributed by atoms with Gasteiger partial charge in [0.1, 0.15) is 5.82 Å². The van der Waals surface area contributed by atoms with Gasteiger partial charge in [0.25, 0.3) is 0 Å². The van der Waals surface area contributed by atoms with Crippen molar-refractivity contribution in [3.05, 3.63) is 71.6 Å². The molecule has 1 aliphatic heterocycles. The lowest BCUT2D eigenvalue weighted by atomic mass is 10.1. The van der Waals surface area contributed by atoms with Crippen LogP contribution < -0.4 is 10.2 Å². The van der Waals surface area contributed by atoms with Gasteiger partial charge in [-0.1, -0.05) is 24.3 Å². The van der Waals surface area contributed by atoms with Crippen molar-refractivity contribution in [1.29, 1.82) is 0 Å². The Kier molecular flexibility index (Phi) is 5.83. The van der Waals surface area contributed by atoms with Crippen molar-refractivity contribution >= 4 is 17.7 Å². The Morgan fingerprint density at radius 3 is 2.36 bits per heavy atom. The van der Waals surface area contributed by atoms with Crippen molar-refractivity contribution in [2.45, 2.75) is 25.8 Å². The lowest BCUT2D eigenvalue weighted by Crippen LogP contribution is -2.29. The van der Waals surface area contributed by atoms with Crippen LogP contribution in [0.3, 0.4) is 0 Å². The van der Waals surface area contributed by atoms with E-state index in [2.05, 4.69) is 34.5 Å². The Morgan fingerprint density at radius 1 is 1.00 bits per heavy atom. The van der Waals surface area contributed by atoms with Gasteiger partial charge in [-0.2, -0.15) is 0 Å². The molecular formula is C21H23FN2O. The van der Waals surface area contributed by atoms with Gasteiger partial charge in [0.2, 0.25) is 5.91 Å². The van der Waals surface area contributed by atoms with Crippen molar-refractivity contribution in [3.63, 3.8) is 0 Å². The molecule has 0 radical (unpaired) electrons. The molecule has 1 heterocycles. The van der Waals surface area contributed by atoms with E-state index < -0.39 is 0 Å². The highest BCUT2D eigenvalue weighted by Gasteiger charge is 2.10. The first-order valence-electron chi connectivity index (χ1n) is 8.76. The summed E-state index contributed by atoms with van der Waals surface area (Å²) in [4.78, 5) is 14.3. The van der Waals surface area contributed by atoms with Gasteiger partial charge >= 0.3 is 0 Å². The number of nitrogens with one attached hydrogen (secondary N) is 1. The van der Waals surface area contributed by atoms with E-state index in [0.29, 0.717) is 6.54 Å². The van der Waals surface area contributed by atoms with Gasteiger partial charge in [0.15, 0.2) is 0 Å². The summed E-state index contributed by atoms with van der Waals surface area (Å²) in [5.74, 6) is -0.445. The third-order valence-corrected chi connectivity index (χ3v) is 4.42. The fourth-order valence-corrected chi connectivity index (χ4v) is 2.97. The van der Waals surface area contributed by atoms with Crippen LogP contribution in [0.15, 0.2) is 54.6 Å². The maximum absolute atomic E-state index is 12.8. The lowest BCUT2D eigenvalue weighted by Gasteiger charge is -2.28. The van der Waals surface area contributed by atoms with Gasteiger partial charge in [-0.25, -0.2) is 4.39 Å². The van der Waals surface area contributed by atoms with E-state index in [4.69, 9.17) is 0 Å². The van der Waals surface area contributed by atoms with E-state index in [9.17, 15) is 9.18 Å². The van der Waals surface area contributed by atoms with Crippen LogP contribution in [0, 0.1) is 5.82 Å². The molecule has 3 nitrogen and oxygen atoms in total. The SMILES string of the molecule is O=C(/C=C/c1ccc(F)cc1)NCc1ccc(N2CCCCC2)cc1. The van der Waals surface area contributed by atoms with Crippen molar-refractivity contribution in [2.24, 2.45) is 0 Å². The maximum Gasteiger partial charge on any atom is 0.244 e. The van der Waals surface area contributed by atoms with E-state index in [1.807, 2.05) is 0 Å². The molecule has 4 heteroatoms. The summed E-state index contributed by atoms with van der Waals surface area (Å²) in [6.07, 6.45) is 6.99. The molecule has 0 aliphatic carbocycles.